The number of amides is 1. The number of para-hydroxylation sites is 1. The Morgan fingerprint density at radius 1 is 1.22 bits per heavy atom. The molecule has 2 aromatic rings. The lowest BCUT2D eigenvalue weighted by Crippen LogP contribution is -2.45. The van der Waals surface area contributed by atoms with Crippen molar-refractivity contribution in [2.24, 2.45) is 11.1 Å². The van der Waals surface area contributed by atoms with Gasteiger partial charge in [0.15, 0.2) is 0 Å². The Labute approximate surface area is 137 Å². The average molecular weight is 314 g/mol. The lowest BCUT2D eigenvalue weighted by Gasteiger charge is -2.28. The van der Waals surface area contributed by atoms with E-state index in [-0.39, 0.29) is 5.91 Å². The monoisotopic (exact) mass is 314 g/mol. The fourth-order valence-corrected chi connectivity index (χ4v) is 2.66. The van der Waals surface area contributed by atoms with Crippen LogP contribution in [0.2, 0.25) is 0 Å². The van der Waals surface area contributed by atoms with Crippen LogP contribution in [0, 0.1) is 5.41 Å². The summed E-state index contributed by atoms with van der Waals surface area (Å²) in [6, 6.07) is 12.0. The predicted molar refractivity (Wildman–Crippen MR) is 92.3 cm³/mol. The third-order valence-electron chi connectivity index (χ3n) is 4.56. The maximum absolute atomic E-state index is 12.4. The van der Waals surface area contributed by atoms with Gasteiger partial charge in [-0.05, 0) is 31.0 Å². The fourth-order valence-electron chi connectivity index (χ4n) is 2.66. The van der Waals surface area contributed by atoms with Crippen LogP contribution in [0.3, 0.4) is 0 Å². The first-order valence-electron chi connectivity index (χ1n) is 8.23. The summed E-state index contributed by atoms with van der Waals surface area (Å²) in [6.45, 7) is 4.98. The highest BCUT2D eigenvalue weighted by Gasteiger charge is 2.32. The molecule has 0 atom stereocenters. The van der Waals surface area contributed by atoms with Crippen LogP contribution in [-0.2, 0) is 11.2 Å². The molecule has 0 spiro atoms. The van der Waals surface area contributed by atoms with Crippen LogP contribution in [0.5, 0.6) is 0 Å². The molecule has 5 heteroatoms. The molecule has 2 rings (SSSR count). The highest BCUT2D eigenvalue weighted by molar-refractivity contribution is 5.82. The molecule has 3 N–H and O–H groups in total. The zero-order valence-corrected chi connectivity index (χ0v) is 14.0. The average Bonchev–Trinajstić information content (AvgIpc) is 3.07. The summed E-state index contributed by atoms with van der Waals surface area (Å²) < 4.78 is 1.85. The molecule has 1 aromatic carbocycles. The molecule has 0 bridgehead atoms. The van der Waals surface area contributed by atoms with Crippen molar-refractivity contribution in [3.63, 3.8) is 0 Å². The lowest BCUT2D eigenvalue weighted by molar-refractivity contribution is -0.131. The number of carbonyl (C=O) groups excluding carboxylic acids is 1. The Morgan fingerprint density at radius 2 is 1.91 bits per heavy atom. The summed E-state index contributed by atoms with van der Waals surface area (Å²) in [7, 11) is 0. The van der Waals surface area contributed by atoms with E-state index in [1.54, 1.807) is 0 Å². The van der Waals surface area contributed by atoms with Gasteiger partial charge in [-0.25, -0.2) is 4.68 Å². The van der Waals surface area contributed by atoms with Crippen LogP contribution >= 0.6 is 0 Å². The number of benzene rings is 1. The molecule has 5 nitrogen and oxygen atoms in total. The third kappa shape index (κ3) is 3.99. The molecule has 0 radical (unpaired) electrons. The molecular weight excluding hydrogens is 288 g/mol. The number of rotatable bonds is 8. The van der Waals surface area contributed by atoms with Crippen LogP contribution in [0.15, 0.2) is 42.6 Å². The SMILES string of the molecule is CCC(CC)(CN)C(=O)NCCc1ccn(-c2ccccc2)n1. The van der Waals surface area contributed by atoms with Gasteiger partial charge in [0, 0.05) is 25.7 Å². The van der Waals surface area contributed by atoms with Gasteiger partial charge in [0.25, 0.3) is 0 Å². The Balaban J connectivity index is 1.90. The molecule has 23 heavy (non-hydrogen) atoms. The Morgan fingerprint density at radius 3 is 2.52 bits per heavy atom. The minimum atomic E-state index is -0.441. The van der Waals surface area contributed by atoms with Crippen molar-refractivity contribution in [1.82, 2.24) is 15.1 Å². The van der Waals surface area contributed by atoms with Crippen molar-refractivity contribution < 1.29 is 4.79 Å². The number of hydrogen-bond acceptors (Lipinski definition) is 3. The minimum Gasteiger partial charge on any atom is -0.355 e. The first-order valence-corrected chi connectivity index (χ1v) is 8.23. The summed E-state index contributed by atoms with van der Waals surface area (Å²) in [6.07, 6.45) is 4.16. The molecule has 0 unspecified atom stereocenters. The summed E-state index contributed by atoms with van der Waals surface area (Å²) in [4.78, 5) is 12.4. The fraction of sp³-hybridized carbons (Fsp3) is 0.444. The van der Waals surface area contributed by atoms with Crippen molar-refractivity contribution in [2.75, 3.05) is 13.1 Å². The van der Waals surface area contributed by atoms with Gasteiger partial charge in [-0.3, -0.25) is 4.79 Å². The van der Waals surface area contributed by atoms with Crippen molar-refractivity contribution in [2.45, 2.75) is 33.1 Å². The Hall–Kier alpha value is -2.14. The van der Waals surface area contributed by atoms with E-state index in [2.05, 4.69) is 10.4 Å². The predicted octanol–water partition coefficient (Wildman–Crippen LogP) is 2.30. The van der Waals surface area contributed by atoms with E-state index < -0.39 is 5.41 Å². The second-order valence-corrected chi connectivity index (χ2v) is 5.78. The summed E-state index contributed by atoms with van der Waals surface area (Å²) in [5.41, 5.74) is 7.35. The molecule has 0 saturated carbocycles. The number of nitrogens with zero attached hydrogens (tertiary/aromatic N) is 2. The number of nitrogens with one attached hydrogen (secondary N) is 1. The largest absolute Gasteiger partial charge is 0.355 e. The standard InChI is InChI=1S/C18H26N4O/c1-3-18(4-2,14-19)17(23)20-12-10-15-11-13-22(21-15)16-8-6-5-7-9-16/h5-9,11,13H,3-4,10,12,14,19H2,1-2H3,(H,20,23). The molecule has 0 aliphatic heterocycles. The molecular formula is C18H26N4O. The van der Waals surface area contributed by atoms with Crippen LogP contribution in [0.1, 0.15) is 32.4 Å². The number of hydrogen-bond donors (Lipinski definition) is 2. The molecule has 1 heterocycles. The van der Waals surface area contributed by atoms with Crippen molar-refractivity contribution >= 4 is 5.91 Å². The van der Waals surface area contributed by atoms with Gasteiger partial charge in [0.05, 0.1) is 16.8 Å². The number of nitrogens with two attached hydrogens (primary N) is 1. The van der Waals surface area contributed by atoms with Crippen LogP contribution < -0.4 is 11.1 Å². The van der Waals surface area contributed by atoms with Crippen molar-refractivity contribution in [3.05, 3.63) is 48.3 Å². The highest BCUT2D eigenvalue weighted by Crippen LogP contribution is 2.24. The molecule has 1 aromatic heterocycles. The molecule has 0 saturated heterocycles. The summed E-state index contributed by atoms with van der Waals surface area (Å²) in [5.74, 6) is 0.0486. The van der Waals surface area contributed by atoms with Gasteiger partial charge < -0.3 is 11.1 Å². The highest BCUT2D eigenvalue weighted by atomic mass is 16.2. The van der Waals surface area contributed by atoms with Gasteiger partial charge in [-0.1, -0.05) is 32.0 Å². The van der Waals surface area contributed by atoms with Gasteiger partial charge in [-0.15, -0.1) is 0 Å². The number of aromatic nitrogens is 2. The second kappa shape index (κ2) is 7.92. The lowest BCUT2D eigenvalue weighted by atomic mass is 9.81. The van der Waals surface area contributed by atoms with E-state index in [4.69, 9.17) is 5.73 Å². The smallest absolute Gasteiger partial charge is 0.227 e. The van der Waals surface area contributed by atoms with Crippen LogP contribution in [-0.4, -0.2) is 28.8 Å². The Kier molecular flexibility index (Phi) is 5.93. The molecule has 1 amide bonds. The summed E-state index contributed by atoms with van der Waals surface area (Å²) >= 11 is 0. The maximum Gasteiger partial charge on any atom is 0.227 e. The maximum atomic E-state index is 12.4. The van der Waals surface area contributed by atoms with E-state index >= 15 is 0 Å². The summed E-state index contributed by atoms with van der Waals surface area (Å²) in [5, 5.41) is 7.55. The third-order valence-corrected chi connectivity index (χ3v) is 4.56. The van der Waals surface area contributed by atoms with Crippen molar-refractivity contribution in [3.8, 4) is 5.69 Å². The molecule has 124 valence electrons. The molecule has 0 fully saturated rings. The topological polar surface area (TPSA) is 72.9 Å². The quantitative estimate of drug-likeness (QED) is 0.785. The number of carbonyl (C=O) groups is 1. The minimum absolute atomic E-state index is 0.0486. The Bertz CT molecular complexity index is 609. The second-order valence-electron chi connectivity index (χ2n) is 5.78. The zero-order chi connectivity index (χ0) is 16.7. The zero-order valence-electron chi connectivity index (χ0n) is 14.0. The molecule has 0 aliphatic rings. The van der Waals surface area contributed by atoms with Gasteiger partial charge in [0.2, 0.25) is 5.91 Å². The van der Waals surface area contributed by atoms with E-state index in [0.29, 0.717) is 19.5 Å². The van der Waals surface area contributed by atoms with E-state index in [9.17, 15) is 4.79 Å². The van der Waals surface area contributed by atoms with Crippen LogP contribution in [0.25, 0.3) is 5.69 Å². The first kappa shape index (κ1) is 17.2. The first-order chi connectivity index (χ1) is 11.1. The van der Waals surface area contributed by atoms with E-state index in [0.717, 1.165) is 24.2 Å². The van der Waals surface area contributed by atoms with E-state index in [1.165, 1.54) is 0 Å². The van der Waals surface area contributed by atoms with Crippen molar-refractivity contribution in [1.29, 1.82) is 0 Å². The molecule has 0 aliphatic carbocycles. The van der Waals surface area contributed by atoms with Crippen LogP contribution in [0.4, 0.5) is 0 Å². The van der Waals surface area contributed by atoms with Gasteiger partial charge in [0.1, 0.15) is 0 Å². The normalized spacial score (nSPS) is 11.4. The van der Waals surface area contributed by atoms with Gasteiger partial charge in [-0.2, -0.15) is 5.10 Å². The van der Waals surface area contributed by atoms with E-state index in [1.807, 2.05) is 61.1 Å². The van der Waals surface area contributed by atoms with Gasteiger partial charge >= 0.3 is 0 Å².